The number of ether oxygens (including phenoxy) is 2. The van der Waals surface area contributed by atoms with Gasteiger partial charge in [0.15, 0.2) is 0 Å². The van der Waals surface area contributed by atoms with Crippen LogP contribution in [-0.4, -0.2) is 24.9 Å². The predicted molar refractivity (Wildman–Crippen MR) is 81.0 cm³/mol. The Bertz CT molecular complexity index is 607. The van der Waals surface area contributed by atoms with Crippen molar-refractivity contribution in [1.29, 1.82) is 0 Å². The molecule has 128 valence electrons. The summed E-state index contributed by atoms with van der Waals surface area (Å²) in [5.41, 5.74) is -2.84. The smallest absolute Gasteiger partial charge is 0.416 e. The van der Waals surface area contributed by atoms with Crippen molar-refractivity contribution >= 4 is 22.0 Å². The monoisotopic (exact) mass is 395 g/mol. The summed E-state index contributed by atoms with van der Waals surface area (Å²) in [7, 11) is 0. The average Bonchev–Trinajstić information content (AvgIpc) is 2.30. The maximum atomic E-state index is 13.3. The van der Waals surface area contributed by atoms with Crippen LogP contribution in [0.4, 0.5) is 18.0 Å². The first-order valence-electron chi connectivity index (χ1n) is 6.89. The summed E-state index contributed by atoms with van der Waals surface area (Å²) in [6.45, 7) is 4.94. The molecule has 1 fully saturated rings. The van der Waals surface area contributed by atoms with Gasteiger partial charge in [-0.25, -0.2) is 4.79 Å². The lowest BCUT2D eigenvalue weighted by Gasteiger charge is -2.43. The Morgan fingerprint density at radius 3 is 2.35 bits per heavy atom. The standard InChI is InChI=1S/C15H17BrF3NO3/c1-13(2,3)23-12(21)20-14(7-22-8-14)10-5-4-9(16)6-11(10)15(17,18)19/h4-6H,7-8H2,1-3H3,(H,20,21). The van der Waals surface area contributed by atoms with Gasteiger partial charge in [-0.15, -0.1) is 0 Å². The van der Waals surface area contributed by atoms with Gasteiger partial charge in [-0.2, -0.15) is 13.2 Å². The van der Waals surface area contributed by atoms with Crippen molar-refractivity contribution in [3.05, 3.63) is 33.8 Å². The highest BCUT2D eigenvalue weighted by molar-refractivity contribution is 9.10. The van der Waals surface area contributed by atoms with E-state index in [2.05, 4.69) is 21.2 Å². The van der Waals surface area contributed by atoms with Crippen LogP contribution in [0.1, 0.15) is 31.9 Å². The molecule has 0 bridgehead atoms. The number of halogens is 4. The van der Waals surface area contributed by atoms with Crippen LogP contribution in [0, 0.1) is 0 Å². The van der Waals surface area contributed by atoms with E-state index < -0.39 is 29.0 Å². The molecule has 2 rings (SSSR count). The summed E-state index contributed by atoms with van der Waals surface area (Å²) in [5.74, 6) is 0. The third-order valence-corrected chi connectivity index (χ3v) is 3.73. The molecule has 1 aromatic rings. The minimum atomic E-state index is -4.54. The molecular formula is C15H17BrF3NO3. The molecule has 1 aliphatic heterocycles. The molecule has 0 saturated carbocycles. The summed E-state index contributed by atoms with van der Waals surface area (Å²) >= 11 is 3.04. The first-order valence-corrected chi connectivity index (χ1v) is 7.68. The molecule has 0 radical (unpaired) electrons. The number of carbonyl (C=O) groups is 1. The molecule has 1 saturated heterocycles. The van der Waals surface area contributed by atoms with Crippen molar-refractivity contribution in [2.45, 2.75) is 38.1 Å². The van der Waals surface area contributed by atoms with Gasteiger partial charge in [0.05, 0.1) is 18.8 Å². The van der Waals surface area contributed by atoms with Crippen molar-refractivity contribution in [3.8, 4) is 0 Å². The Balaban J connectivity index is 2.36. The van der Waals surface area contributed by atoms with Crippen LogP contribution in [0.25, 0.3) is 0 Å². The highest BCUT2D eigenvalue weighted by Gasteiger charge is 2.48. The van der Waals surface area contributed by atoms with E-state index in [9.17, 15) is 18.0 Å². The molecule has 0 aliphatic carbocycles. The number of rotatable bonds is 2. The maximum absolute atomic E-state index is 13.3. The van der Waals surface area contributed by atoms with Crippen molar-refractivity contribution in [2.24, 2.45) is 0 Å². The lowest BCUT2D eigenvalue weighted by molar-refractivity contribution is -0.142. The fourth-order valence-corrected chi connectivity index (χ4v) is 2.63. The van der Waals surface area contributed by atoms with E-state index in [4.69, 9.17) is 9.47 Å². The third kappa shape index (κ3) is 4.17. The Labute approximate surface area is 140 Å². The van der Waals surface area contributed by atoms with Crippen LogP contribution in [0.3, 0.4) is 0 Å². The zero-order valence-corrected chi connectivity index (χ0v) is 14.5. The summed E-state index contributed by atoms with van der Waals surface area (Å²) in [6, 6.07) is 3.83. The number of alkyl halides is 3. The maximum Gasteiger partial charge on any atom is 0.416 e. The van der Waals surface area contributed by atoms with Gasteiger partial charge in [-0.3, -0.25) is 0 Å². The molecule has 0 unspecified atom stereocenters. The van der Waals surface area contributed by atoms with Crippen LogP contribution < -0.4 is 5.32 Å². The molecule has 0 aromatic heterocycles. The van der Waals surface area contributed by atoms with Crippen molar-refractivity contribution in [2.75, 3.05) is 13.2 Å². The van der Waals surface area contributed by atoms with Gasteiger partial charge in [-0.1, -0.05) is 22.0 Å². The molecule has 1 N–H and O–H groups in total. The van der Waals surface area contributed by atoms with Gasteiger partial charge >= 0.3 is 12.3 Å². The Morgan fingerprint density at radius 1 is 1.30 bits per heavy atom. The second-order valence-corrected chi connectivity index (χ2v) is 7.31. The number of carbonyl (C=O) groups excluding carboxylic acids is 1. The molecule has 4 nitrogen and oxygen atoms in total. The van der Waals surface area contributed by atoms with Gasteiger partial charge in [0.25, 0.3) is 0 Å². The number of nitrogens with one attached hydrogen (secondary N) is 1. The molecule has 0 spiro atoms. The van der Waals surface area contributed by atoms with Crippen LogP contribution >= 0.6 is 15.9 Å². The Morgan fingerprint density at radius 2 is 1.91 bits per heavy atom. The Hall–Kier alpha value is -1.28. The summed E-state index contributed by atoms with van der Waals surface area (Å²) < 4.78 is 50.5. The zero-order chi connectivity index (χ0) is 17.5. The first kappa shape index (κ1) is 18.1. The van der Waals surface area contributed by atoms with E-state index in [0.717, 1.165) is 6.07 Å². The van der Waals surface area contributed by atoms with Crippen LogP contribution in [0.5, 0.6) is 0 Å². The largest absolute Gasteiger partial charge is 0.444 e. The number of hydrogen-bond acceptors (Lipinski definition) is 3. The molecule has 23 heavy (non-hydrogen) atoms. The van der Waals surface area contributed by atoms with E-state index in [1.54, 1.807) is 20.8 Å². The molecular weight excluding hydrogens is 379 g/mol. The first-order chi connectivity index (χ1) is 10.4. The average molecular weight is 396 g/mol. The second kappa shape index (κ2) is 5.98. The minimum absolute atomic E-state index is 0.0368. The van der Waals surface area contributed by atoms with Gasteiger partial charge in [0.1, 0.15) is 11.1 Å². The van der Waals surface area contributed by atoms with Crippen molar-refractivity contribution < 1.29 is 27.4 Å². The number of alkyl carbamates (subject to hydrolysis) is 1. The fourth-order valence-electron chi connectivity index (χ4n) is 2.27. The predicted octanol–water partition coefficient (Wildman–Crippen LogP) is 4.22. The molecule has 1 aromatic carbocycles. The van der Waals surface area contributed by atoms with Gasteiger partial charge in [0.2, 0.25) is 0 Å². The van der Waals surface area contributed by atoms with E-state index in [0.29, 0.717) is 4.47 Å². The number of amides is 1. The molecule has 0 atom stereocenters. The topological polar surface area (TPSA) is 47.6 Å². The van der Waals surface area contributed by atoms with Crippen LogP contribution in [-0.2, 0) is 21.2 Å². The van der Waals surface area contributed by atoms with Crippen molar-refractivity contribution in [1.82, 2.24) is 5.32 Å². The van der Waals surface area contributed by atoms with Crippen molar-refractivity contribution in [3.63, 3.8) is 0 Å². The van der Waals surface area contributed by atoms with Gasteiger partial charge < -0.3 is 14.8 Å². The number of hydrogen-bond donors (Lipinski definition) is 1. The SMILES string of the molecule is CC(C)(C)OC(=O)NC1(c2ccc(Br)cc2C(F)(F)F)COC1. The lowest BCUT2D eigenvalue weighted by Crippen LogP contribution is -2.60. The van der Waals surface area contributed by atoms with E-state index >= 15 is 0 Å². The lowest BCUT2D eigenvalue weighted by atomic mass is 9.84. The van der Waals surface area contributed by atoms with Crippen LogP contribution in [0.15, 0.2) is 22.7 Å². The highest BCUT2D eigenvalue weighted by Crippen LogP contribution is 2.41. The summed E-state index contributed by atoms with van der Waals surface area (Å²) in [6.07, 6.45) is -5.33. The summed E-state index contributed by atoms with van der Waals surface area (Å²) in [5, 5.41) is 2.53. The molecule has 1 amide bonds. The molecule has 8 heteroatoms. The Kier molecular flexibility index (Phi) is 4.69. The molecule has 1 heterocycles. The molecule has 1 aliphatic rings. The normalized spacial score (nSPS) is 17.3. The second-order valence-electron chi connectivity index (χ2n) is 6.39. The van der Waals surface area contributed by atoms with Crippen LogP contribution in [0.2, 0.25) is 0 Å². The highest BCUT2D eigenvalue weighted by atomic mass is 79.9. The van der Waals surface area contributed by atoms with E-state index in [1.807, 2.05) is 0 Å². The zero-order valence-electron chi connectivity index (χ0n) is 12.9. The number of benzene rings is 1. The van der Waals surface area contributed by atoms with E-state index in [1.165, 1.54) is 12.1 Å². The third-order valence-electron chi connectivity index (χ3n) is 3.24. The van der Waals surface area contributed by atoms with Gasteiger partial charge in [-0.05, 0) is 38.5 Å². The summed E-state index contributed by atoms with van der Waals surface area (Å²) in [4.78, 5) is 12.0. The minimum Gasteiger partial charge on any atom is -0.444 e. The fraction of sp³-hybridized carbons (Fsp3) is 0.533. The van der Waals surface area contributed by atoms with Gasteiger partial charge in [0, 0.05) is 4.47 Å². The van der Waals surface area contributed by atoms with E-state index in [-0.39, 0.29) is 18.8 Å². The quantitative estimate of drug-likeness (QED) is 0.815.